The van der Waals surface area contributed by atoms with Crippen LogP contribution in [0, 0.1) is 23.7 Å². The van der Waals surface area contributed by atoms with E-state index in [2.05, 4.69) is 19.2 Å². The molecule has 0 aromatic rings. The van der Waals surface area contributed by atoms with Gasteiger partial charge < -0.3 is 5.32 Å². The standard InChI is InChI=1S/C15H26ClNO/c1-3-10(4-2)13(16)9-17-15(18)14-11-7-5-6-8-12(11)14/h10-14H,3-9H2,1-2H3,(H,17,18). The highest BCUT2D eigenvalue weighted by molar-refractivity contribution is 6.21. The summed E-state index contributed by atoms with van der Waals surface area (Å²) >= 11 is 6.35. The fourth-order valence-corrected chi connectivity index (χ4v) is 4.10. The van der Waals surface area contributed by atoms with Gasteiger partial charge in [0.05, 0.1) is 5.38 Å². The van der Waals surface area contributed by atoms with Gasteiger partial charge in [-0.25, -0.2) is 0 Å². The summed E-state index contributed by atoms with van der Waals surface area (Å²) < 4.78 is 0. The zero-order chi connectivity index (χ0) is 13.1. The van der Waals surface area contributed by atoms with Crippen LogP contribution in [-0.4, -0.2) is 17.8 Å². The van der Waals surface area contributed by atoms with Gasteiger partial charge in [-0.15, -0.1) is 11.6 Å². The summed E-state index contributed by atoms with van der Waals surface area (Å²) in [5.41, 5.74) is 0. The van der Waals surface area contributed by atoms with Crippen LogP contribution in [0.5, 0.6) is 0 Å². The SMILES string of the molecule is CCC(CC)C(Cl)CNC(=O)C1C2CCCCC21. The maximum absolute atomic E-state index is 12.1. The van der Waals surface area contributed by atoms with E-state index in [1.165, 1.54) is 25.7 Å². The zero-order valence-corrected chi connectivity index (χ0v) is 12.4. The number of amides is 1. The van der Waals surface area contributed by atoms with E-state index >= 15 is 0 Å². The molecule has 1 N–H and O–H groups in total. The molecule has 1 amide bonds. The molecule has 0 radical (unpaired) electrons. The van der Waals surface area contributed by atoms with Crippen molar-refractivity contribution in [3.63, 3.8) is 0 Å². The molecule has 2 aliphatic rings. The Labute approximate surface area is 116 Å². The van der Waals surface area contributed by atoms with Gasteiger partial charge in [-0.05, 0) is 30.6 Å². The first-order chi connectivity index (χ1) is 8.69. The Morgan fingerprint density at radius 2 is 1.78 bits per heavy atom. The molecule has 2 aliphatic carbocycles. The molecule has 2 rings (SSSR count). The molecule has 2 nitrogen and oxygen atoms in total. The van der Waals surface area contributed by atoms with E-state index in [1.807, 2.05) is 0 Å². The Kier molecular flexibility index (Phi) is 4.94. The van der Waals surface area contributed by atoms with Gasteiger partial charge in [-0.1, -0.05) is 39.5 Å². The van der Waals surface area contributed by atoms with Gasteiger partial charge in [0.2, 0.25) is 5.91 Å². The Bertz CT molecular complexity index is 278. The first kappa shape index (κ1) is 14.2. The van der Waals surface area contributed by atoms with Crippen molar-refractivity contribution in [2.45, 2.75) is 57.7 Å². The zero-order valence-electron chi connectivity index (χ0n) is 11.6. The number of nitrogens with one attached hydrogen (secondary N) is 1. The first-order valence-corrected chi connectivity index (χ1v) is 8.04. The predicted octanol–water partition coefficient (Wildman–Crippen LogP) is 3.58. The molecule has 0 aliphatic heterocycles. The lowest BCUT2D eigenvalue weighted by Gasteiger charge is -2.19. The maximum Gasteiger partial charge on any atom is 0.223 e. The molecule has 0 bridgehead atoms. The number of rotatable bonds is 6. The molecular formula is C15H26ClNO. The third-order valence-electron chi connectivity index (χ3n) is 4.99. The fraction of sp³-hybridized carbons (Fsp3) is 0.933. The van der Waals surface area contributed by atoms with Crippen LogP contribution in [-0.2, 0) is 4.79 Å². The minimum absolute atomic E-state index is 0.0877. The lowest BCUT2D eigenvalue weighted by Crippen LogP contribution is -2.34. The van der Waals surface area contributed by atoms with Gasteiger partial charge in [0.25, 0.3) is 0 Å². The van der Waals surface area contributed by atoms with Gasteiger partial charge >= 0.3 is 0 Å². The molecule has 2 fully saturated rings. The summed E-state index contributed by atoms with van der Waals surface area (Å²) in [6.07, 6.45) is 7.34. The van der Waals surface area contributed by atoms with Crippen LogP contribution in [0.15, 0.2) is 0 Å². The summed E-state index contributed by atoms with van der Waals surface area (Å²) in [5, 5.41) is 3.17. The number of alkyl halides is 1. The normalized spacial score (nSPS) is 31.9. The summed E-state index contributed by atoms with van der Waals surface area (Å²) in [7, 11) is 0. The Hall–Kier alpha value is -0.240. The number of carbonyl (C=O) groups is 1. The van der Waals surface area contributed by atoms with Crippen molar-refractivity contribution >= 4 is 17.5 Å². The molecule has 18 heavy (non-hydrogen) atoms. The number of hydrogen-bond acceptors (Lipinski definition) is 1. The van der Waals surface area contributed by atoms with E-state index in [0.717, 1.165) is 12.8 Å². The summed E-state index contributed by atoms with van der Waals surface area (Å²) in [6, 6.07) is 0. The largest absolute Gasteiger partial charge is 0.354 e. The van der Waals surface area contributed by atoms with Crippen LogP contribution in [0.1, 0.15) is 52.4 Å². The van der Waals surface area contributed by atoms with Crippen molar-refractivity contribution in [3.05, 3.63) is 0 Å². The highest BCUT2D eigenvalue weighted by Gasteiger charge is 2.54. The van der Waals surface area contributed by atoms with Gasteiger partial charge in [-0.3, -0.25) is 4.79 Å². The molecule has 3 unspecified atom stereocenters. The predicted molar refractivity (Wildman–Crippen MR) is 75.7 cm³/mol. The van der Waals surface area contributed by atoms with Gasteiger partial charge in [0.1, 0.15) is 0 Å². The molecule has 104 valence electrons. The van der Waals surface area contributed by atoms with E-state index in [0.29, 0.717) is 30.2 Å². The third-order valence-corrected chi connectivity index (χ3v) is 5.50. The summed E-state index contributed by atoms with van der Waals surface area (Å²) in [5.74, 6) is 2.50. The van der Waals surface area contributed by atoms with E-state index in [4.69, 9.17) is 11.6 Å². The molecule has 0 spiro atoms. The third kappa shape index (κ3) is 3.01. The molecule has 2 saturated carbocycles. The molecular weight excluding hydrogens is 246 g/mol. The van der Waals surface area contributed by atoms with E-state index < -0.39 is 0 Å². The summed E-state index contributed by atoms with van der Waals surface area (Å²) in [6.45, 7) is 4.98. The molecule has 0 heterocycles. The monoisotopic (exact) mass is 271 g/mol. The average molecular weight is 272 g/mol. The Morgan fingerprint density at radius 1 is 1.22 bits per heavy atom. The van der Waals surface area contributed by atoms with Crippen molar-refractivity contribution in [1.29, 1.82) is 0 Å². The topological polar surface area (TPSA) is 29.1 Å². The second-order valence-corrected chi connectivity index (χ2v) is 6.54. The Morgan fingerprint density at radius 3 is 2.28 bits per heavy atom. The Balaban J connectivity index is 1.72. The summed E-state index contributed by atoms with van der Waals surface area (Å²) in [4.78, 5) is 12.1. The van der Waals surface area contributed by atoms with E-state index in [1.54, 1.807) is 0 Å². The van der Waals surface area contributed by atoms with Gasteiger partial charge in [0, 0.05) is 12.5 Å². The lowest BCUT2D eigenvalue weighted by atomic mass is 9.99. The molecule has 0 saturated heterocycles. The average Bonchev–Trinajstić information content (AvgIpc) is 3.11. The van der Waals surface area contributed by atoms with E-state index in [-0.39, 0.29) is 11.3 Å². The number of carbonyl (C=O) groups excluding carboxylic acids is 1. The minimum Gasteiger partial charge on any atom is -0.354 e. The highest BCUT2D eigenvalue weighted by Crippen LogP contribution is 2.55. The number of halogens is 1. The van der Waals surface area contributed by atoms with Crippen molar-refractivity contribution in [3.8, 4) is 0 Å². The van der Waals surface area contributed by atoms with Gasteiger partial charge in [-0.2, -0.15) is 0 Å². The number of hydrogen-bond donors (Lipinski definition) is 1. The second-order valence-electron chi connectivity index (χ2n) is 5.98. The van der Waals surface area contributed by atoms with Crippen molar-refractivity contribution < 1.29 is 4.79 Å². The van der Waals surface area contributed by atoms with Crippen molar-refractivity contribution in [2.24, 2.45) is 23.7 Å². The minimum atomic E-state index is 0.0877. The van der Waals surface area contributed by atoms with Crippen LogP contribution in [0.25, 0.3) is 0 Å². The molecule has 0 aromatic carbocycles. The van der Waals surface area contributed by atoms with Crippen LogP contribution in [0.3, 0.4) is 0 Å². The fourth-order valence-electron chi connectivity index (χ4n) is 3.66. The van der Waals surface area contributed by atoms with Crippen molar-refractivity contribution in [1.82, 2.24) is 5.32 Å². The van der Waals surface area contributed by atoms with Crippen molar-refractivity contribution in [2.75, 3.05) is 6.54 Å². The quantitative estimate of drug-likeness (QED) is 0.735. The second kappa shape index (κ2) is 6.27. The smallest absolute Gasteiger partial charge is 0.223 e. The highest BCUT2D eigenvalue weighted by atomic mass is 35.5. The molecule has 0 aromatic heterocycles. The molecule has 3 atom stereocenters. The number of fused-ring (bicyclic) bond motifs is 1. The van der Waals surface area contributed by atoms with Crippen LogP contribution in [0.4, 0.5) is 0 Å². The maximum atomic E-state index is 12.1. The molecule has 3 heteroatoms. The lowest BCUT2D eigenvalue weighted by molar-refractivity contribution is -0.122. The van der Waals surface area contributed by atoms with Crippen LogP contribution >= 0.6 is 11.6 Å². The first-order valence-electron chi connectivity index (χ1n) is 7.60. The van der Waals surface area contributed by atoms with Gasteiger partial charge in [0.15, 0.2) is 0 Å². The van der Waals surface area contributed by atoms with E-state index in [9.17, 15) is 4.79 Å². The van der Waals surface area contributed by atoms with Crippen LogP contribution in [0.2, 0.25) is 0 Å². The van der Waals surface area contributed by atoms with Crippen LogP contribution < -0.4 is 5.32 Å².